The third-order valence-electron chi connectivity index (χ3n) is 3.77. The molecule has 1 aliphatic carbocycles. The van der Waals surface area contributed by atoms with E-state index in [0.717, 1.165) is 31.9 Å². The highest BCUT2D eigenvalue weighted by atomic mass is 16.5. The largest absolute Gasteiger partial charge is 0.497 e. The van der Waals surface area contributed by atoms with Crippen molar-refractivity contribution < 1.29 is 9.47 Å². The molecule has 1 aliphatic rings. The van der Waals surface area contributed by atoms with Crippen LogP contribution in [0.25, 0.3) is 0 Å². The monoisotopic (exact) mass is 275 g/mol. The van der Waals surface area contributed by atoms with E-state index in [4.69, 9.17) is 9.47 Å². The zero-order chi connectivity index (χ0) is 14.2. The summed E-state index contributed by atoms with van der Waals surface area (Å²) in [6.45, 7) is 6.09. The SMILES string of the molecule is C=CCCOCCNC1CCCc2ccc(OC)cc21. The molecule has 2 rings (SSSR count). The maximum Gasteiger partial charge on any atom is 0.119 e. The molecule has 0 fully saturated rings. The van der Waals surface area contributed by atoms with E-state index in [9.17, 15) is 0 Å². The molecule has 0 amide bonds. The first-order valence-electron chi connectivity index (χ1n) is 7.44. The average Bonchev–Trinajstić information content (AvgIpc) is 2.50. The molecule has 1 aromatic rings. The number of fused-ring (bicyclic) bond motifs is 1. The highest BCUT2D eigenvalue weighted by molar-refractivity contribution is 5.39. The Morgan fingerprint density at radius 1 is 1.40 bits per heavy atom. The minimum absolute atomic E-state index is 0.428. The smallest absolute Gasteiger partial charge is 0.119 e. The van der Waals surface area contributed by atoms with Crippen LogP contribution in [-0.4, -0.2) is 26.9 Å². The Bertz CT molecular complexity index is 431. The first-order chi connectivity index (χ1) is 9.85. The number of methoxy groups -OCH3 is 1. The summed E-state index contributed by atoms with van der Waals surface area (Å²) >= 11 is 0. The van der Waals surface area contributed by atoms with E-state index < -0.39 is 0 Å². The van der Waals surface area contributed by atoms with E-state index >= 15 is 0 Å². The van der Waals surface area contributed by atoms with Gasteiger partial charge in [0, 0.05) is 12.6 Å². The summed E-state index contributed by atoms with van der Waals surface area (Å²) < 4.78 is 10.9. The molecule has 0 heterocycles. The van der Waals surface area contributed by atoms with Crippen molar-refractivity contribution in [2.45, 2.75) is 31.7 Å². The normalized spacial score (nSPS) is 17.6. The third kappa shape index (κ3) is 4.09. The van der Waals surface area contributed by atoms with E-state index in [1.54, 1.807) is 7.11 Å². The minimum Gasteiger partial charge on any atom is -0.497 e. The molecular weight excluding hydrogens is 250 g/mol. The van der Waals surface area contributed by atoms with Crippen LogP contribution in [0.1, 0.15) is 36.4 Å². The van der Waals surface area contributed by atoms with Gasteiger partial charge in [0.1, 0.15) is 5.75 Å². The van der Waals surface area contributed by atoms with Crippen LogP contribution in [0.3, 0.4) is 0 Å². The van der Waals surface area contributed by atoms with Crippen molar-refractivity contribution in [3.8, 4) is 5.75 Å². The molecule has 3 nitrogen and oxygen atoms in total. The topological polar surface area (TPSA) is 30.5 Å². The average molecular weight is 275 g/mol. The molecule has 1 unspecified atom stereocenters. The van der Waals surface area contributed by atoms with Gasteiger partial charge in [-0.1, -0.05) is 12.1 Å². The second kappa shape index (κ2) is 8.08. The first kappa shape index (κ1) is 15.1. The number of ether oxygens (including phenoxy) is 2. The molecule has 0 saturated heterocycles. The lowest BCUT2D eigenvalue weighted by atomic mass is 9.87. The molecule has 0 spiro atoms. The Morgan fingerprint density at radius 3 is 3.10 bits per heavy atom. The van der Waals surface area contributed by atoms with Crippen molar-refractivity contribution in [2.75, 3.05) is 26.9 Å². The summed E-state index contributed by atoms with van der Waals surface area (Å²) in [6, 6.07) is 6.85. The first-order valence-corrected chi connectivity index (χ1v) is 7.44. The maximum absolute atomic E-state index is 5.54. The lowest BCUT2D eigenvalue weighted by Gasteiger charge is -2.27. The molecule has 110 valence electrons. The summed E-state index contributed by atoms with van der Waals surface area (Å²) in [4.78, 5) is 0. The summed E-state index contributed by atoms with van der Waals surface area (Å²) in [5.41, 5.74) is 2.84. The molecule has 0 aliphatic heterocycles. The molecule has 0 aromatic heterocycles. The molecule has 20 heavy (non-hydrogen) atoms. The zero-order valence-electron chi connectivity index (χ0n) is 12.4. The van der Waals surface area contributed by atoms with E-state index in [-0.39, 0.29) is 0 Å². The van der Waals surface area contributed by atoms with Gasteiger partial charge in [-0.15, -0.1) is 6.58 Å². The van der Waals surface area contributed by atoms with Gasteiger partial charge in [-0.25, -0.2) is 0 Å². The van der Waals surface area contributed by atoms with Crippen LogP contribution in [0.4, 0.5) is 0 Å². The van der Waals surface area contributed by atoms with Gasteiger partial charge in [-0.05, 0) is 48.9 Å². The van der Waals surface area contributed by atoms with E-state index in [2.05, 4.69) is 30.1 Å². The number of rotatable bonds is 8. The van der Waals surface area contributed by atoms with Crippen LogP contribution >= 0.6 is 0 Å². The summed E-state index contributed by atoms with van der Waals surface area (Å²) in [7, 11) is 1.72. The highest BCUT2D eigenvalue weighted by Crippen LogP contribution is 2.32. The van der Waals surface area contributed by atoms with Crippen molar-refractivity contribution >= 4 is 0 Å². The van der Waals surface area contributed by atoms with Crippen LogP contribution in [0.5, 0.6) is 5.75 Å². The molecule has 0 radical (unpaired) electrons. The molecule has 1 aromatic carbocycles. The van der Waals surface area contributed by atoms with Crippen molar-refractivity contribution in [2.24, 2.45) is 0 Å². The third-order valence-corrected chi connectivity index (χ3v) is 3.77. The minimum atomic E-state index is 0.428. The summed E-state index contributed by atoms with van der Waals surface area (Å²) in [5, 5.41) is 3.60. The van der Waals surface area contributed by atoms with Crippen LogP contribution in [0, 0.1) is 0 Å². The quantitative estimate of drug-likeness (QED) is 0.583. The Morgan fingerprint density at radius 2 is 2.30 bits per heavy atom. The molecule has 0 saturated carbocycles. The fraction of sp³-hybridized carbons (Fsp3) is 0.529. The van der Waals surface area contributed by atoms with Crippen LogP contribution in [0.15, 0.2) is 30.9 Å². The highest BCUT2D eigenvalue weighted by Gasteiger charge is 2.20. The fourth-order valence-electron chi connectivity index (χ4n) is 2.69. The van der Waals surface area contributed by atoms with Gasteiger partial charge in [0.2, 0.25) is 0 Å². The standard InChI is InChI=1S/C17H25NO2/c1-3-4-11-20-12-10-18-17-7-5-6-14-8-9-15(19-2)13-16(14)17/h3,8-9,13,17-18H,1,4-7,10-12H2,2H3. The lowest BCUT2D eigenvalue weighted by molar-refractivity contribution is 0.137. The van der Waals surface area contributed by atoms with Crippen molar-refractivity contribution in [3.63, 3.8) is 0 Å². The van der Waals surface area contributed by atoms with Crippen molar-refractivity contribution in [3.05, 3.63) is 42.0 Å². The number of benzene rings is 1. The summed E-state index contributed by atoms with van der Waals surface area (Å²) in [5.74, 6) is 0.944. The Kier molecular flexibility index (Phi) is 6.09. The molecule has 1 atom stereocenters. The van der Waals surface area contributed by atoms with E-state index in [1.807, 2.05) is 6.08 Å². The molecule has 0 bridgehead atoms. The second-order valence-electron chi connectivity index (χ2n) is 5.15. The van der Waals surface area contributed by atoms with Crippen molar-refractivity contribution in [1.82, 2.24) is 5.32 Å². The Hall–Kier alpha value is -1.32. The van der Waals surface area contributed by atoms with Gasteiger partial charge in [-0.3, -0.25) is 0 Å². The number of hydrogen-bond acceptors (Lipinski definition) is 3. The molecule has 1 N–H and O–H groups in total. The van der Waals surface area contributed by atoms with Gasteiger partial charge in [0.25, 0.3) is 0 Å². The van der Waals surface area contributed by atoms with E-state index in [0.29, 0.717) is 6.04 Å². The summed E-state index contributed by atoms with van der Waals surface area (Å²) in [6.07, 6.45) is 6.41. The van der Waals surface area contributed by atoms with Gasteiger partial charge in [-0.2, -0.15) is 0 Å². The van der Waals surface area contributed by atoms with Crippen LogP contribution in [0.2, 0.25) is 0 Å². The van der Waals surface area contributed by atoms with Gasteiger partial charge in [0.15, 0.2) is 0 Å². The number of hydrogen-bond donors (Lipinski definition) is 1. The molecule has 3 heteroatoms. The van der Waals surface area contributed by atoms with E-state index in [1.165, 1.54) is 30.4 Å². The number of nitrogens with one attached hydrogen (secondary N) is 1. The Labute approximate surface area is 122 Å². The fourth-order valence-corrected chi connectivity index (χ4v) is 2.69. The Balaban J connectivity index is 1.86. The second-order valence-corrected chi connectivity index (χ2v) is 5.15. The zero-order valence-corrected chi connectivity index (χ0v) is 12.4. The van der Waals surface area contributed by atoms with Gasteiger partial charge in [0.05, 0.1) is 20.3 Å². The predicted molar refractivity (Wildman–Crippen MR) is 82.3 cm³/mol. The number of aryl methyl sites for hydroxylation is 1. The van der Waals surface area contributed by atoms with Crippen molar-refractivity contribution in [1.29, 1.82) is 0 Å². The predicted octanol–water partition coefficient (Wildman–Crippen LogP) is 3.25. The molecular formula is C17H25NO2. The lowest BCUT2D eigenvalue weighted by Crippen LogP contribution is -2.28. The van der Waals surface area contributed by atoms with Gasteiger partial charge < -0.3 is 14.8 Å². The van der Waals surface area contributed by atoms with Crippen LogP contribution in [-0.2, 0) is 11.2 Å². The maximum atomic E-state index is 5.54. The van der Waals surface area contributed by atoms with Crippen LogP contribution < -0.4 is 10.1 Å². The van der Waals surface area contributed by atoms with Gasteiger partial charge >= 0.3 is 0 Å².